The zero-order valence-electron chi connectivity index (χ0n) is 8.54. The highest BCUT2D eigenvalue weighted by Gasteiger charge is 2.29. The average Bonchev–Trinajstić information content (AvgIpc) is 2.28. The van der Waals surface area contributed by atoms with Gasteiger partial charge in [0.15, 0.2) is 0 Å². The maximum absolute atomic E-state index is 11.5. The minimum absolute atomic E-state index is 0.00986. The molecule has 0 aliphatic carbocycles. The zero-order valence-corrected chi connectivity index (χ0v) is 8.54. The van der Waals surface area contributed by atoms with Gasteiger partial charge in [-0.2, -0.15) is 0 Å². The Kier molecular flexibility index (Phi) is 3.07. The van der Waals surface area contributed by atoms with Gasteiger partial charge in [-0.25, -0.2) is 0 Å². The third-order valence-corrected chi connectivity index (χ3v) is 2.50. The first-order valence-electron chi connectivity index (χ1n) is 4.79. The van der Waals surface area contributed by atoms with Crippen molar-refractivity contribution in [3.8, 4) is 0 Å². The standard InChI is InChI=1S/C10H17NO2/c1-7-4-8(2)11(6-7)10(13)5-9(3)12/h7-8H,4-6H2,1-3H3. The molecule has 1 aliphatic heterocycles. The number of amides is 1. The minimum atomic E-state index is -0.0447. The van der Waals surface area contributed by atoms with Crippen molar-refractivity contribution in [2.24, 2.45) is 5.92 Å². The molecule has 0 spiro atoms. The molecule has 0 aromatic heterocycles. The SMILES string of the molecule is CC(=O)CC(=O)N1CC(C)CC1C. The molecule has 0 aromatic carbocycles. The van der Waals surface area contributed by atoms with Crippen LogP contribution in [0.4, 0.5) is 0 Å². The fourth-order valence-electron chi connectivity index (χ4n) is 1.96. The van der Waals surface area contributed by atoms with Crippen LogP contribution >= 0.6 is 0 Å². The quantitative estimate of drug-likeness (QED) is 0.604. The molecule has 74 valence electrons. The van der Waals surface area contributed by atoms with E-state index in [2.05, 4.69) is 6.92 Å². The summed E-state index contributed by atoms with van der Waals surface area (Å²) >= 11 is 0. The van der Waals surface area contributed by atoms with Gasteiger partial charge in [0.25, 0.3) is 0 Å². The second-order valence-corrected chi connectivity index (χ2v) is 4.11. The van der Waals surface area contributed by atoms with Crippen molar-refractivity contribution in [1.82, 2.24) is 4.90 Å². The number of rotatable bonds is 2. The Balaban J connectivity index is 2.52. The Morgan fingerprint density at radius 1 is 1.38 bits per heavy atom. The van der Waals surface area contributed by atoms with Crippen LogP contribution < -0.4 is 0 Å². The van der Waals surface area contributed by atoms with Gasteiger partial charge >= 0.3 is 0 Å². The fraction of sp³-hybridized carbons (Fsp3) is 0.800. The smallest absolute Gasteiger partial charge is 0.230 e. The Bertz CT molecular complexity index is 225. The van der Waals surface area contributed by atoms with Crippen molar-refractivity contribution < 1.29 is 9.59 Å². The molecule has 0 N–H and O–H groups in total. The highest BCUT2D eigenvalue weighted by Crippen LogP contribution is 2.22. The van der Waals surface area contributed by atoms with E-state index >= 15 is 0 Å². The van der Waals surface area contributed by atoms with Crippen LogP contribution in [-0.4, -0.2) is 29.2 Å². The molecule has 1 aliphatic rings. The zero-order chi connectivity index (χ0) is 10.0. The summed E-state index contributed by atoms with van der Waals surface area (Å²) in [5.74, 6) is 0.520. The fourth-order valence-corrected chi connectivity index (χ4v) is 1.96. The number of nitrogens with zero attached hydrogens (tertiary/aromatic N) is 1. The van der Waals surface area contributed by atoms with Crippen LogP contribution in [0.1, 0.15) is 33.6 Å². The molecule has 0 saturated carbocycles. The number of hydrogen-bond acceptors (Lipinski definition) is 2. The molecule has 0 bridgehead atoms. The number of Topliss-reactive ketones (excluding diaryl/α,β-unsaturated/α-hetero) is 1. The molecule has 2 atom stereocenters. The molecule has 3 nitrogen and oxygen atoms in total. The first kappa shape index (κ1) is 10.2. The van der Waals surface area contributed by atoms with Gasteiger partial charge in [0.05, 0.1) is 6.42 Å². The Labute approximate surface area is 79.1 Å². The molecule has 3 heteroatoms. The van der Waals surface area contributed by atoms with Gasteiger partial charge in [-0.15, -0.1) is 0 Å². The Hall–Kier alpha value is -0.860. The van der Waals surface area contributed by atoms with E-state index in [4.69, 9.17) is 0 Å². The summed E-state index contributed by atoms with van der Waals surface area (Å²) in [5.41, 5.74) is 0. The number of ketones is 1. The minimum Gasteiger partial charge on any atom is -0.339 e. The van der Waals surface area contributed by atoms with Crippen LogP contribution in [0, 0.1) is 5.92 Å². The lowest BCUT2D eigenvalue weighted by Crippen LogP contribution is -2.34. The molecule has 1 amide bonds. The molecule has 1 saturated heterocycles. The van der Waals surface area contributed by atoms with E-state index in [-0.39, 0.29) is 18.1 Å². The van der Waals surface area contributed by atoms with Crippen molar-refractivity contribution in [2.45, 2.75) is 39.7 Å². The molecule has 1 rings (SSSR count). The maximum atomic E-state index is 11.5. The van der Waals surface area contributed by atoms with Gasteiger partial charge in [-0.1, -0.05) is 6.92 Å². The Morgan fingerprint density at radius 2 is 2.00 bits per heavy atom. The maximum Gasteiger partial charge on any atom is 0.230 e. The number of carbonyl (C=O) groups excluding carboxylic acids is 2. The average molecular weight is 183 g/mol. The monoisotopic (exact) mass is 183 g/mol. The van der Waals surface area contributed by atoms with E-state index in [1.165, 1.54) is 6.92 Å². The van der Waals surface area contributed by atoms with Crippen molar-refractivity contribution in [1.29, 1.82) is 0 Å². The summed E-state index contributed by atoms with van der Waals surface area (Å²) in [6.07, 6.45) is 1.13. The van der Waals surface area contributed by atoms with Gasteiger partial charge in [0.1, 0.15) is 5.78 Å². The van der Waals surface area contributed by atoms with E-state index in [9.17, 15) is 9.59 Å². The molecule has 13 heavy (non-hydrogen) atoms. The van der Waals surface area contributed by atoms with Crippen molar-refractivity contribution in [2.75, 3.05) is 6.54 Å². The summed E-state index contributed by atoms with van der Waals surface area (Å²) in [6, 6.07) is 0.307. The van der Waals surface area contributed by atoms with Crippen molar-refractivity contribution >= 4 is 11.7 Å². The lowest BCUT2D eigenvalue weighted by molar-refractivity contribution is -0.135. The molecule has 0 radical (unpaired) electrons. The molecule has 1 heterocycles. The summed E-state index contributed by atoms with van der Waals surface area (Å²) in [4.78, 5) is 24.1. The molecule has 1 fully saturated rings. The highest BCUT2D eigenvalue weighted by molar-refractivity contribution is 5.97. The van der Waals surface area contributed by atoms with E-state index in [1.54, 1.807) is 0 Å². The molecule has 0 aromatic rings. The van der Waals surface area contributed by atoms with Gasteiger partial charge in [0, 0.05) is 12.6 Å². The second kappa shape index (κ2) is 3.90. The Morgan fingerprint density at radius 3 is 2.38 bits per heavy atom. The van der Waals surface area contributed by atoms with E-state index < -0.39 is 0 Å². The normalized spacial score (nSPS) is 27.8. The predicted molar refractivity (Wildman–Crippen MR) is 50.3 cm³/mol. The van der Waals surface area contributed by atoms with Gasteiger partial charge in [-0.05, 0) is 26.2 Å². The first-order valence-corrected chi connectivity index (χ1v) is 4.79. The number of likely N-dealkylation sites (tertiary alicyclic amines) is 1. The van der Waals surface area contributed by atoms with E-state index in [0.717, 1.165) is 13.0 Å². The summed E-state index contributed by atoms with van der Waals surface area (Å²) < 4.78 is 0. The second-order valence-electron chi connectivity index (χ2n) is 4.11. The lowest BCUT2D eigenvalue weighted by Gasteiger charge is -2.20. The molecule has 2 unspecified atom stereocenters. The van der Waals surface area contributed by atoms with Crippen molar-refractivity contribution in [3.63, 3.8) is 0 Å². The number of hydrogen-bond donors (Lipinski definition) is 0. The van der Waals surface area contributed by atoms with Crippen LogP contribution in [-0.2, 0) is 9.59 Å². The van der Waals surface area contributed by atoms with Gasteiger partial charge in [-0.3, -0.25) is 9.59 Å². The topological polar surface area (TPSA) is 37.4 Å². The van der Waals surface area contributed by atoms with Crippen LogP contribution in [0.3, 0.4) is 0 Å². The highest BCUT2D eigenvalue weighted by atomic mass is 16.2. The van der Waals surface area contributed by atoms with Crippen molar-refractivity contribution in [3.05, 3.63) is 0 Å². The lowest BCUT2D eigenvalue weighted by atomic mass is 10.1. The van der Waals surface area contributed by atoms with Crippen LogP contribution in [0.25, 0.3) is 0 Å². The summed E-state index contributed by atoms with van der Waals surface area (Å²) in [6.45, 7) is 6.45. The third-order valence-electron chi connectivity index (χ3n) is 2.50. The van der Waals surface area contributed by atoms with Crippen LogP contribution in [0.5, 0.6) is 0 Å². The van der Waals surface area contributed by atoms with E-state index in [1.807, 2.05) is 11.8 Å². The van der Waals surface area contributed by atoms with Gasteiger partial charge < -0.3 is 4.90 Å². The van der Waals surface area contributed by atoms with E-state index in [0.29, 0.717) is 12.0 Å². The summed E-state index contributed by atoms with van der Waals surface area (Å²) in [5, 5.41) is 0. The van der Waals surface area contributed by atoms with Gasteiger partial charge in [0.2, 0.25) is 5.91 Å². The number of carbonyl (C=O) groups is 2. The predicted octanol–water partition coefficient (Wildman–Crippen LogP) is 1.22. The van der Waals surface area contributed by atoms with Crippen LogP contribution in [0.2, 0.25) is 0 Å². The molecular weight excluding hydrogens is 166 g/mol. The largest absolute Gasteiger partial charge is 0.339 e. The molecular formula is C10H17NO2. The first-order chi connectivity index (χ1) is 6.00. The third kappa shape index (κ3) is 2.54. The summed E-state index contributed by atoms with van der Waals surface area (Å²) in [7, 11) is 0. The van der Waals surface area contributed by atoms with Crippen LogP contribution in [0.15, 0.2) is 0 Å².